The normalized spacial score (nSPS) is 22.2. The van der Waals surface area contributed by atoms with Crippen LogP contribution in [0.15, 0.2) is 24.3 Å². The first kappa shape index (κ1) is 15.0. The van der Waals surface area contributed by atoms with Gasteiger partial charge in [0, 0.05) is 18.3 Å². The molecule has 21 heavy (non-hydrogen) atoms. The molecule has 112 valence electrons. The summed E-state index contributed by atoms with van der Waals surface area (Å²) < 4.78 is 0. The van der Waals surface area contributed by atoms with Gasteiger partial charge in [-0.15, -0.1) is 0 Å². The molecule has 0 bridgehead atoms. The first-order valence-electron chi connectivity index (χ1n) is 6.65. The molecule has 1 aromatic rings. The van der Waals surface area contributed by atoms with Crippen LogP contribution >= 0.6 is 0 Å². The summed E-state index contributed by atoms with van der Waals surface area (Å²) in [5, 5.41) is 14.3. The third kappa shape index (κ3) is 2.74. The first-order chi connectivity index (χ1) is 9.78. The van der Waals surface area contributed by atoms with Crippen LogP contribution < -0.4 is 10.6 Å². The average molecular weight is 290 g/mol. The molecule has 1 fully saturated rings. The van der Waals surface area contributed by atoms with E-state index in [4.69, 9.17) is 5.11 Å². The lowest BCUT2D eigenvalue weighted by Gasteiger charge is -2.07. The fraction of sp³-hybridized carbons (Fsp3) is 0.400. The maximum atomic E-state index is 12.1. The number of rotatable bonds is 4. The van der Waals surface area contributed by atoms with Gasteiger partial charge in [-0.05, 0) is 29.7 Å². The van der Waals surface area contributed by atoms with Crippen LogP contribution in [0.3, 0.4) is 0 Å². The highest BCUT2D eigenvalue weighted by atomic mass is 16.4. The third-order valence-corrected chi connectivity index (χ3v) is 4.02. The maximum absolute atomic E-state index is 12.1. The first-order valence-corrected chi connectivity index (χ1v) is 6.65. The molecule has 1 aromatic carbocycles. The second-order valence-electron chi connectivity index (χ2n) is 5.76. The highest BCUT2D eigenvalue weighted by molar-refractivity contribution is 6.00. The number of nitrogens with one attached hydrogen (secondary N) is 2. The topological polar surface area (TPSA) is 95.5 Å². The van der Waals surface area contributed by atoms with Crippen LogP contribution in [-0.4, -0.2) is 29.9 Å². The van der Waals surface area contributed by atoms with Crippen LogP contribution in [0.4, 0.5) is 5.69 Å². The summed E-state index contributed by atoms with van der Waals surface area (Å²) in [7, 11) is 1.54. The number of carboxylic acids is 1. The fourth-order valence-corrected chi connectivity index (χ4v) is 2.66. The summed E-state index contributed by atoms with van der Waals surface area (Å²) in [6.45, 7) is 3.54. The molecule has 1 aliphatic carbocycles. The van der Waals surface area contributed by atoms with Crippen LogP contribution in [-0.2, 0) is 9.59 Å². The minimum Gasteiger partial charge on any atom is -0.481 e. The standard InChI is InChI=1S/C15H18N2O4/c1-15(2)10(11(15)14(20)21)13(19)17-9-6-4-8(5-7-9)12(18)16-3/h4-7,10-11H,1-3H3,(H,16,18)(H,17,19)(H,20,21)/t10-,11+/m0/s1. The highest BCUT2D eigenvalue weighted by Gasteiger charge is 2.65. The molecular formula is C15H18N2O4. The number of anilines is 1. The van der Waals surface area contributed by atoms with E-state index in [0.29, 0.717) is 11.3 Å². The third-order valence-electron chi connectivity index (χ3n) is 4.02. The van der Waals surface area contributed by atoms with Crippen LogP contribution in [0.2, 0.25) is 0 Å². The van der Waals surface area contributed by atoms with E-state index in [0.717, 1.165) is 0 Å². The van der Waals surface area contributed by atoms with Crippen molar-refractivity contribution in [3.8, 4) is 0 Å². The number of aliphatic carboxylic acids is 1. The van der Waals surface area contributed by atoms with Crippen molar-refractivity contribution >= 4 is 23.5 Å². The number of carbonyl (C=O) groups is 3. The average Bonchev–Trinajstić information content (AvgIpc) is 3.02. The molecule has 6 nitrogen and oxygen atoms in total. The Balaban J connectivity index is 2.04. The van der Waals surface area contributed by atoms with Gasteiger partial charge in [-0.25, -0.2) is 0 Å². The molecule has 0 aliphatic heterocycles. The number of hydrogen-bond acceptors (Lipinski definition) is 3. The lowest BCUT2D eigenvalue weighted by molar-refractivity contribution is -0.140. The maximum Gasteiger partial charge on any atom is 0.307 e. The van der Waals surface area contributed by atoms with Crippen LogP contribution in [0.25, 0.3) is 0 Å². The lowest BCUT2D eigenvalue weighted by Crippen LogP contribution is -2.19. The molecule has 0 spiro atoms. The van der Waals surface area contributed by atoms with Crippen molar-refractivity contribution in [2.45, 2.75) is 13.8 Å². The van der Waals surface area contributed by atoms with Crippen LogP contribution in [0.5, 0.6) is 0 Å². The van der Waals surface area contributed by atoms with E-state index in [1.807, 2.05) is 0 Å². The molecule has 6 heteroatoms. The Morgan fingerprint density at radius 3 is 2.10 bits per heavy atom. The molecule has 1 aliphatic rings. The number of amides is 2. The van der Waals surface area contributed by atoms with E-state index in [9.17, 15) is 14.4 Å². The smallest absolute Gasteiger partial charge is 0.307 e. The molecule has 0 saturated heterocycles. The summed E-state index contributed by atoms with van der Waals surface area (Å²) in [5.41, 5.74) is 0.503. The summed E-state index contributed by atoms with van der Waals surface area (Å²) in [6, 6.07) is 6.43. The molecule has 0 heterocycles. The van der Waals surface area contributed by atoms with E-state index in [2.05, 4.69) is 10.6 Å². The molecular weight excluding hydrogens is 272 g/mol. The quantitative estimate of drug-likeness (QED) is 0.779. The molecule has 0 aromatic heterocycles. The van der Waals surface area contributed by atoms with Crippen molar-refractivity contribution < 1.29 is 19.5 Å². The minimum absolute atomic E-state index is 0.206. The molecule has 2 atom stereocenters. The molecule has 0 radical (unpaired) electrons. The predicted octanol–water partition coefficient (Wildman–Crippen LogP) is 1.34. The van der Waals surface area contributed by atoms with Gasteiger partial charge in [0.1, 0.15) is 0 Å². The fourth-order valence-electron chi connectivity index (χ4n) is 2.66. The zero-order valence-electron chi connectivity index (χ0n) is 12.1. The molecule has 0 unspecified atom stereocenters. The van der Waals surface area contributed by atoms with Gasteiger partial charge in [0.05, 0.1) is 11.8 Å². The van der Waals surface area contributed by atoms with E-state index < -0.39 is 23.2 Å². The van der Waals surface area contributed by atoms with Crippen LogP contribution in [0.1, 0.15) is 24.2 Å². The van der Waals surface area contributed by atoms with Gasteiger partial charge in [-0.3, -0.25) is 14.4 Å². The Labute approximate surface area is 122 Å². The molecule has 3 N–H and O–H groups in total. The Bertz CT molecular complexity index is 592. The van der Waals surface area contributed by atoms with Gasteiger partial charge in [-0.1, -0.05) is 13.8 Å². The van der Waals surface area contributed by atoms with Gasteiger partial charge in [0.15, 0.2) is 0 Å². The van der Waals surface area contributed by atoms with Gasteiger partial charge in [0.2, 0.25) is 5.91 Å². The summed E-state index contributed by atoms with van der Waals surface area (Å²) in [4.78, 5) is 34.6. The van der Waals surface area contributed by atoms with Gasteiger partial charge >= 0.3 is 5.97 Å². The van der Waals surface area contributed by atoms with Crippen LogP contribution in [0, 0.1) is 17.3 Å². The lowest BCUT2D eigenvalue weighted by atomic mass is 10.1. The van der Waals surface area contributed by atoms with E-state index in [1.165, 1.54) is 0 Å². The Hall–Kier alpha value is -2.37. The Kier molecular flexibility index (Phi) is 3.72. The minimum atomic E-state index is -0.949. The van der Waals surface area contributed by atoms with Gasteiger partial charge < -0.3 is 15.7 Å². The second kappa shape index (κ2) is 5.20. The molecule has 2 rings (SSSR count). The zero-order valence-corrected chi connectivity index (χ0v) is 12.1. The van der Waals surface area contributed by atoms with Crippen molar-refractivity contribution in [1.29, 1.82) is 0 Å². The summed E-state index contributed by atoms with van der Waals surface area (Å²) in [5.74, 6) is -2.64. The van der Waals surface area contributed by atoms with E-state index in [1.54, 1.807) is 45.2 Å². The highest BCUT2D eigenvalue weighted by Crippen LogP contribution is 2.58. The van der Waals surface area contributed by atoms with Crippen molar-refractivity contribution in [3.05, 3.63) is 29.8 Å². The van der Waals surface area contributed by atoms with Crippen molar-refractivity contribution in [2.75, 3.05) is 12.4 Å². The second-order valence-corrected chi connectivity index (χ2v) is 5.76. The number of benzene rings is 1. The van der Waals surface area contributed by atoms with Gasteiger partial charge in [-0.2, -0.15) is 0 Å². The summed E-state index contributed by atoms with van der Waals surface area (Å²) in [6.07, 6.45) is 0. The van der Waals surface area contributed by atoms with Crippen molar-refractivity contribution in [1.82, 2.24) is 5.32 Å². The van der Waals surface area contributed by atoms with Crippen molar-refractivity contribution in [3.63, 3.8) is 0 Å². The predicted molar refractivity (Wildman–Crippen MR) is 76.9 cm³/mol. The molecule has 2 amide bonds. The van der Waals surface area contributed by atoms with E-state index in [-0.39, 0.29) is 11.8 Å². The summed E-state index contributed by atoms with van der Waals surface area (Å²) >= 11 is 0. The number of carbonyl (C=O) groups excluding carboxylic acids is 2. The SMILES string of the molecule is CNC(=O)c1ccc(NC(=O)[C@@H]2[C@H](C(=O)O)C2(C)C)cc1. The van der Waals surface area contributed by atoms with E-state index >= 15 is 0 Å². The number of carboxylic acid groups (broad SMARTS) is 1. The van der Waals surface area contributed by atoms with Crippen molar-refractivity contribution in [2.24, 2.45) is 17.3 Å². The Morgan fingerprint density at radius 1 is 1.10 bits per heavy atom. The Morgan fingerprint density at radius 2 is 1.67 bits per heavy atom. The molecule has 1 saturated carbocycles. The van der Waals surface area contributed by atoms with Gasteiger partial charge in [0.25, 0.3) is 5.91 Å². The largest absolute Gasteiger partial charge is 0.481 e. The monoisotopic (exact) mass is 290 g/mol. The number of hydrogen-bond donors (Lipinski definition) is 3. The zero-order chi connectivity index (χ0) is 15.8.